The van der Waals surface area contributed by atoms with Gasteiger partial charge in [0.15, 0.2) is 0 Å². The number of nitrogens with zero attached hydrogens (tertiary/aromatic N) is 1. The van der Waals surface area contributed by atoms with Gasteiger partial charge in [0.1, 0.15) is 6.07 Å². The van der Waals surface area contributed by atoms with Crippen molar-refractivity contribution in [3.63, 3.8) is 0 Å². The summed E-state index contributed by atoms with van der Waals surface area (Å²) in [6, 6.07) is 16.7. The molecule has 0 heterocycles. The summed E-state index contributed by atoms with van der Waals surface area (Å²) < 4.78 is 0. The zero-order valence-electron chi connectivity index (χ0n) is 11.6. The topological polar surface area (TPSA) is 35.8 Å². The van der Waals surface area contributed by atoms with Crippen molar-refractivity contribution in [3.8, 4) is 6.07 Å². The lowest BCUT2D eigenvalue weighted by Gasteiger charge is -2.17. The Morgan fingerprint density at radius 1 is 1.00 bits per heavy atom. The van der Waals surface area contributed by atoms with Crippen LogP contribution in [0.25, 0.3) is 0 Å². The summed E-state index contributed by atoms with van der Waals surface area (Å²) in [7, 11) is 0. The zero-order valence-corrected chi connectivity index (χ0v) is 11.6. The molecule has 1 atom stereocenters. The van der Waals surface area contributed by atoms with Crippen LogP contribution >= 0.6 is 0 Å². The number of anilines is 1. The number of nitrogens with one attached hydrogen (secondary N) is 1. The number of nitriles is 1. The Kier molecular flexibility index (Phi) is 3.87. The maximum Gasteiger partial charge on any atom is 0.101 e. The summed E-state index contributed by atoms with van der Waals surface area (Å²) in [6.45, 7) is 6.22. The molecule has 0 aliphatic carbocycles. The van der Waals surface area contributed by atoms with Crippen molar-refractivity contribution in [1.29, 1.82) is 5.26 Å². The minimum absolute atomic E-state index is 0.175. The molecule has 2 aromatic rings. The third kappa shape index (κ3) is 3.14. The molecule has 0 spiro atoms. The van der Waals surface area contributed by atoms with E-state index in [1.807, 2.05) is 25.1 Å². The molecule has 0 radical (unpaired) electrons. The van der Waals surface area contributed by atoms with E-state index in [0.29, 0.717) is 5.56 Å². The van der Waals surface area contributed by atoms with Crippen molar-refractivity contribution >= 4 is 5.69 Å². The molecule has 0 bridgehead atoms. The Balaban J connectivity index is 2.23. The number of rotatable bonds is 3. The van der Waals surface area contributed by atoms with E-state index >= 15 is 0 Å². The predicted molar refractivity (Wildman–Crippen MR) is 79.1 cm³/mol. The third-order valence-electron chi connectivity index (χ3n) is 3.24. The molecule has 1 N–H and O–H groups in total. The molecule has 2 heteroatoms. The lowest BCUT2D eigenvalue weighted by atomic mass is 10.0. The number of aryl methyl sites for hydroxylation is 2. The molecule has 0 saturated heterocycles. The normalized spacial score (nSPS) is 11.7. The van der Waals surface area contributed by atoms with Gasteiger partial charge in [0.05, 0.1) is 11.3 Å². The van der Waals surface area contributed by atoms with E-state index in [4.69, 9.17) is 5.26 Å². The Bertz CT molecular complexity index is 606. The molecule has 0 amide bonds. The monoisotopic (exact) mass is 250 g/mol. The highest BCUT2D eigenvalue weighted by molar-refractivity contribution is 5.59. The molecule has 0 saturated carbocycles. The quantitative estimate of drug-likeness (QED) is 0.879. The van der Waals surface area contributed by atoms with Crippen LogP contribution in [-0.4, -0.2) is 0 Å². The van der Waals surface area contributed by atoms with Gasteiger partial charge in [-0.15, -0.1) is 0 Å². The zero-order chi connectivity index (χ0) is 13.8. The van der Waals surface area contributed by atoms with E-state index < -0.39 is 0 Å². The summed E-state index contributed by atoms with van der Waals surface area (Å²) in [5, 5.41) is 12.6. The van der Waals surface area contributed by atoms with Crippen LogP contribution in [-0.2, 0) is 0 Å². The van der Waals surface area contributed by atoms with Crippen LogP contribution in [0.1, 0.15) is 35.2 Å². The van der Waals surface area contributed by atoms with Gasteiger partial charge in [-0.1, -0.05) is 35.9 Å². The standard InChI is InChI=1S/C17H18N2/c1-12-4-7-15(8-5-12)14(3)19-17-10-13(2)6-9-16(17)11-18/h4-10,14,19H,1-3H3. The molecular formula is C17H18N2. The summed E-state index contributed by atoms with van der Waals surface area (Å²) in [5.41, 5.74) is 5.21. The molecule has 2 rings (SSSR count). The fourth-order valence-electron chi connectivity index (χ4n) is 2.05. The SMILES string of the molecule is Cc1ccc(C(C)Nc2cc(C)ccc2C#N)cc1. The Hall–Kier alpha value is -2.27. The fraction of sp³-hybridized carbons (Fsp3) is 0.235. The average Bonchev–Trinajstić information content (AvgIpc) is 2.39. The maximum atomic E-state index is 9.14. The van der Waals surface area contributed by atoms with Crippen LogP contribution in [0.2, 0.25) is 0 Å². The van der Waals surface area contributed by atoms with Crippen molar-refractivity contribution < 1.29 is 0 Å². The van der Waals surface area contributed by atoms with Gasteiger partial charge in [-0.05, 0) is 44.0 Å². The van der Waals surface area contributed by atoms with Crippen molar-refractivity contribution in [2.24, 2.45) is 0 Å². The van der Waals surface area contributed by atoms with Gasteiger partial charge >= 0.3 is 0 Å². The number of hydrogen-bond acceptors (Lipinski definition) is 2. The van der Waals surface area contributed by atoms with E-state index in [-0.39, 0.29) is 6.04 Å². The Labute approximate surface area is 114 Å². The van der Waals surface area contributed by atoms with Gasteiger partial charge in [-0.2, -0.15) is 5.26 Å². The lowest BCUT2D eigenvalue weighted by molar-refractivity contribution is 0.883. The van der Waals surface area contributed by atoms with Crippen molar-refractivity contribution in [3.05, 3.63) is 64.7 Å². The largest absolute Gasteiger partial charge is 0.377 e. The van der Waals surface area contributed by atoms with Crippen molar-refractivity contribution in [2.75, 3.05) is 5.32 Å². The van der Waals surface area contributed by atoms with E-state index in [2.05, 4.69) is 49.5 Å². The summed E-state index contributed by atoms with van der Waals surface area (Å²) in [4.78, 5) is 0. The molecule has 0 aliphatic rings. The summed E-state index contributed by atoms with van der Waals surface area (Å²) >= 11 is 0. The van der Waals surface area contributed by atoms with Gasteiger partial charge in [0.2, 0.25) is 0 Å². The predicted octanol–water partition coefficient (Wildman–Crippen LogP) is 4.35. The first-order valence-electron chi connectivity index (χ1n) is 6.44. The summed E-state index contributed by atoms with van der Waals surface area (Å²) in [6.07, 6.45) is 0. The van der Waals surface area contributed by atoms with Gasteiger partial charge in [-0.3, -0.25) is 0 Å². The van der Waals surface area contributed by atoms with Crippen LogP contribution in [0.4, 0.5) is 5.69 Å². The Morgan fingerprint density at radius 3 is 2.26 bits per heavy atom. The van der Waals surface area contributed by atoms with Crippen molar-refractivity contribution in [2.45, 2.75) is 26.8 Å². The highest BCUT2D eigenvalue weighted by Gasteiger charge is 2.08. The highest BCUT2D eigenvalue weighted by Crippen LogP contribution is 2.23. The molecule has 2 nitrogen and oxygen atoms in total. The van der Waals surface area contributed by atoms with Crippen LogP contribution in [0.5, 0.6) is 0 Å². The number of hydrogen-bond donors (Lipinski definition) is 1. The van der Waals surface area contributed by atoms with Gasteiger partial charge in [0, 0.05) is 6.04 Å². The van der Waals surface area contributed by atoms with E-state index in [1.54, 1.807) is 0 Å². The van der Waals surface area contributed by atoms with Gasteiger partial charge < -0.3 is 5.32 Å². The smallest absolute Gasteiger partial charge is 0.101 e. The molecule has 0 aromatic heterocycles. The van der Waals surface area contributed by atoms with E-state index in [0.717, 1.165) is 11.3 Å². The van der Waals surface area contributed by atoms with Crippen LogP contribution in [0, 0.1) is 25.2 Å². The molecule has 96 valence electrons. The lowest BCUT2D eigenvalue weighted by Crippen LogP contribution is -2.08. The molecular weight excluding hydrogens is 232 g/mol. The summed E-state index contributed by atoms with van der Waals surface area (Å²) in [5.74, 6) is 0. The van der Waals surface area contributed by atoms with E-state index in [1.165, 1.54) is 11.1 Å². The second-order valence-corrected chi connectivity index (χ2v) is 4.94. The minimum Gasteiger partial charge on any atom is -0.377 e. The third-order valence-corrected chi connectivity index (χ3v) is 3.24. The maximum absolute atomic E-state index is 9.14. The molecule has 19 heavy (non-hydrogen) atoms. The van der Waals surface area contributed by atoms with Crippen LogP contribution < -0.4 is 5.32 Å². The second-order valence-electron chi connectivity index (χ2n) is 4.94. The highest BCUT2D eigenvalue weighted by atomic mass is 14.9. The van der Waals surface area contributed by atoms with E-state index in [9.17, 15) is 0 Å². The first-order chi connectivity index (χ1) is 9.10. The molecule has 0 aliphatic heterocycles. The average molecular weight is 250 g/mol. The Morgan fingerprint density at radius 2 is 1.63 bits per heavy atom. The first kappa shape index (κ1) is 13.2. The fourth-order valence-corrected chi connectivity index (χ4v) is 2.05. The van der Waals surface area contributed by atoms with Gasteiger partial charge in [-0.25, -0.2) is 0 Å². The number of benzene rings is 2. The molecule has 2 aromatic carbocycles. The molecule has 0 fully saturated rings. The minimum atomic E-state index is 0.175. The first-order valence-corrected chi connectivity index (χ1v) is 6.44. The van der Waals surface area contributed by atoms with Crippen LogP contribution in [0.15, 0.2) is 42.5 Å². The molecule has 1 unspecified atom stereocenters. The second kappa shape index (κ2) is 5.58. The van der Waals surface area contributed by atoms with Crippen LogP contribution in [0.3, 0.4) is 0 Å². The van der Waals surface area contributed by atoms with Gasteiger partial charge in [0.25, 0.3) is 0 Å². The van der Waals surface area contributed by atoms with Crippen molar-refractivity contribution in [1.82, 2.24) is 0 Å².